The predicted molar refractivity (Wildman–Crippen MR) is 85.9 cm³/mol. The molecule has 0 radical (unpaired) electrons. The summed E-state index contributed by atoms with van der Waals surface area (Å²) < 4.78 is 5.32. The van der Waals surface area contributed by atoms with Crippen molar-refractivity contribution < 1.29 is 4.74 Å². The van der Waals surface area contributed by atoms with E-state index >= 15 is 0 Å². The van der Waals surface area contributed by atoms with E-state index in [-0.39, 0.29) is 5.54 Å². The van der Waals surface area contributed by atoms with Crippen molar-refractivity contribution in [3.05, 3.63) is 16.5 Å². The van der Waals surface area contributed by atoms with Crippen LogP contribution in [0.25, 0.3) is 9.88 Å². The summed E-state index contributed by atoms with van der Waals surface area (Å²) in [7, 11) is 1.69. The molecule has 0 amide bonds. The van der Waals surface area contributed by atoms with Crippen molar-refractivity contribution in [2.24, 2.45) is 0 Å². The van der Waals surface area contributed by atoms with Gasteiger partial charge in [0.25, 0.3) is 0 Å². The summed E-state index contributed by atoms with van der Waals surface area (Å²) in [5.41, 5.74) is 0.177. The zero-order valence-corrected chi connectivity index (χ0v) is 14.0. The maximum atomic E-state index is 5.32. The van der Waals surface area contributed by atoms with Crippen LogP contribution in [0.4, 0.5) is 0 Å². The first-order valence-corrected chi connectivity index (χ1v) is 8.38. The lowest BCUT2D eigenvalue weighted by Gasteiger charge is -2.20. The Hall–Kier alpha value is -0.980. The van der Waals surface area contributed by atoms with Crippen LogP contribution in [0.1, 0.15) is 32.2 Å². The van der Waals surface area contributed by atoms with E-state index in [2.05, 4.69) is 36.3 Å². The zero-order chi connectivity index (χ0) is 14.6. The van der Waals surface area contributed by atoms with E-state index in [4.69, 9.17) is 4.74 Å². The number of rotatable bonds is 6. The maximum absolute atomic E-state index is 5.32. The second kappa shape index (κ2) is 6.65. The maximum Gasteiger partial charge on any atom is 0.161 e. The van der Waals surface area contributed by atoms with Gasteiger partial charge in [-0.15, -0.1) is 21.5 Å². The van der Waals surface area contributed by atoms with Crippen molar-refractivity contribution in [1.29, 1.82) is 0 Å². The van der Waals surface area contributed by atoms with Gasteiger partial charge >= 0.3 is 0 Å². The molecule has 1 N–H and O–H groups in total. The molecule has 0 atom stereocenters. The van der Waals surface area contributed by atoms with Gasteiger partial charge in [0.1, 0.15) is 15.6 Å². The third-order valence-corrected chi connectivity index (χ3v) is 4.76. The Bertz CT molecular complexity index is 543. The average Bonchev–Trinajstić information content (AvgIpc) is 3.01. The Labute approximate surface area is 128 Å². The standard InChI is InChI=1S/C14H21N3OS2/c1-14(2,3)15-8-5-6-11-16-17-13(20-11)12-10(18-4)7-9-19-12/h7,9,15H,5-6,8H2,1-4H3. The van der Waals surface area contributed by atoms with Crippen molar-refractivity contribution in [1.82, 2.24) is 15.5 Å². The van der Waals surface area contributed by atoms with Gasteiger partial charge in [-0.3, -0.25) is 0 Å². The number of methoxy groups -OCH3 is 1. The van der Waals surface area contributed by atoms with Gasteiger partial charge in [0, 0.05) is 12.0 Å². The summed E-state index contributed by atoms with van der Waals surface area (Å²) in [6, 6.07) is 1.97. The molecular formula is C14H21N3OS2. The molecular weight excluding hydrogens is 290 g/mol. The highest BCUT2D eigenvalue weighted by Gasteiger charge is 2.13. The molecule has 0 aromatic carbocycles. The first-order chi connectivity index (χ1) is 9.49. The lowest BCUT2D eigenvalue weighted by molar-refractivity contribution is 0.418. The third kappa shape index (κ3) is 4.26. The lowest BCUT2D eigenvalue weighted by Crippen LogP contribution is -2.36. The van der Waals surface area contributed by atoms with Crippen molar-refractivity contribution in [2.75, 3.05) is 13.7 Å². The second-order valence-corrected chi connectivity index (χ2v) is 7.58. The zero-order valence-electron chi connectivity index (χ0n) is 12.4. The number of aryl methyl sites for hydroxylation is 1. The van der Waals surface area contributed by atoms with Crippen molar-refractivity contribution >= 4 is 22.7 Å². The topological polar surface area (TPSA) is 47.0 Å². The van der Waals surface area contributed by atoms with Crippen LogP contribution in [0.2, 0.25) is 0 Å². The SMILES string of the molecule is COc1ccsc1-c1nnc(CCCNC(C)(C)C)s1. The molecule has 2 rings (SSSR count). The smallest absolute Gasteiger partial charge is 0.161 e. The molecule has 4 nitrogen and oxygen atoms in total. The summed E-state index contributed by atoms with van der Waals surface area (Å²) in [6.07, 6.45) is 2.04. The van der Waals surface area contributed by atoms with Gasteiger partial charge in [-0.25, -0.2) is 0 Å². The van der Waals surface area contributed by atoms with E-state index in [1.165, 1.54) is 0 Å². The predicted octanol–water partition coefficient (Wildman–Crippen LogP) is 3.60. The highest BCUT2D eigenvalue weighted by molar-refractivity contribution is 7.21. The number of thiophene rings is 1. The molecule has 2 aromatic rings. The van der Waals surface area contributed by atoms with Crippen LogP contribution in [0.5, 0.6) is 5.75 Å². The second-order valence-electron chi connectivity index (χ2n) is 5.60. The molecule has 0 unspecified atom stereocenters. The molecule has 0 aliphatic heterocycles. The largest absolute Gasteiger partial charge is 0.495 e. The Morgan fingerprint density at radius 2 is 2.10 bits per heavy atom. The average molecular weight is 311 g/mol. The van der Waals surface area contributed by atoms with Crippen LogP contribution < -0.4 is 10.1 Å². The van der Waals surface area contributed by atoms with Crippen molar-refractivity contribution in [3.8, 4) is 15.6 Å². The van der Waals surface area contributed by atoms with Gasteiger partial charge in [-0.1, -0.05) is 11.3 Å². The van der Waals surface area contributed by atoms with Gasteiger partial charge < -0.3 is 10.1 Å². The molecule has 0 aliphatic rings. The molecule has 6 heteroatoms. The lowest BCUT2D eigenvalue weighted by atomic mass is 10.1. The van der Waals surface area contributed by atoms with E-state index in [0.717, 1.165) is 40.0 Å². The van der Waals surface area contributed by atoms with E-state index in [1.54, 1.807) is 29.8 Å². The Balaban J connectivity index is 1.90. The highest BCUT2D eigenvalue weighted by atomic mass is 32.1. The first kappa shape index (κ1) is 15.4. The van der Waals surface area contributed by atoms with Crippen molar-refractivity contribution in [2.45, 2.75) is 39.2 Å². The van der Waals surface area contributed by atoms with Crippen LogP contribution >= 0.6 is 22.7 Å². The minimum atomic E-state index is 0.177. The van der Waals surface area contributed by atoms with Crippen LogP contribution in [-0.2, 0) is 6.42 Å². The summed E-state index contributed by atoms with van der Waals surface area (Å²) >= 11 is 3.30. The van der Waals surface area contributed by atoms with E-state index in [9.17, 15) is 0 Å². The highest BCUT2D eigenvalue weighted by Crippen LogP contribution is 2.36. The molecule has 0 saturated carbocycles. The summed E-state index contributed by atoms with van der Waals surface area (Å²) in [5, 5.41) is 16.1. The number of ether oxygens (including phenoxy) is 1. The Morgan fingerprint density at radius 3 is 2.80 bits per heavy atom. The Kier molecular flexibility index (Phi) is 5.12. The fraction of sp³-hybridized carbons (Fsp3) is 0.571. The van der Waals surface area contributed by atoms with Gasteiger partial charge in [0.2, 0.25) is 0 Å². The van der Waals surface area contributed by atoms with E-state index in [0.29, 0.717) is 0 Å². The number of hydrogen-bond donors (Lipinski definition) is 1. The molecule has 2 heterocycles. The van der Waals surface area contributed by atoms with Gasteiger partial charge in [-0.05, 0) is 45.2 Å². The molecule has 110 valence electrons. The normalized spacial score (nSPS) is 11.8. The molecule has 0 spiro atoms. The van der Waals surface area contributed by atoms with Gasteiger partial charge in [-0.2, -0.15) is 0 Å². The molecule has 2 aromatic heterocycles. The molecule has 0 bridgehead atoms. The third-order valence-electron chi connectivity index (χ3n) is 2.73. The van der Waals surface area contributed by atoms with Gasteiger partial charge in [0.05, 0.1) is 7.11 Å². The number of nitrogens with zero attached hydrogens (tertiary/aromatic N) is 2. The fourth-order valence-electron chi connectivity index (χ4n) is 1.76. The molecule has 20 heavy (non-hydrogen) atoms. The molecule has 0 fully saturated rings. The van der Waals surface area contributed by atoms with Crippen LogP contribution in [0.15, 0.2) is 11.4 Å². The number of nitrogens with one attached hydrogen (secondary N) is 1. The minimum Gasteiger partial charge on any atom is -0.495 e. The molecule has 0 saturated heterocycles. The fourth-order valence-corrected chi connectivity index (χ4v) is 3.60. The van der Waals surface area contributed by atoms with Gasteiger partial charge in [0.15, 0.2) is 5.01 Å². The van der Waals surface area contributed by atoms with Crippen LogP contribution in [0.3, 0.4) is 0 Å². The quantitative estimate of drug-likeness (QED) is 0.828. The Morgan fingerprint density at radius 1 is 1.30 bits per heavy atom. The summed E-state index contributed by atoms with van der Waals surface area (Å²) in [4.78, 5) is 1.07. The number of aromatic nitrogens is 2. The van der Waals surface area contributed by atoms with Crippen LogP contribution in [0, 0.1) is 0 Å². The van der Waals surface area contributed by atoms with E-state index in [1.807, 2.05) is 11.4 Å². The summed E-state index contributed by atoms with van der Waals surface area (Å²) in [6.45, 7) is 7.54. The van der Waals surface area contributed by atoms with E-state index < -0.39 is 0 Å². The monoisotopic (exact) mass is 311 g/mol. The number of hydrogen-bond acceptors (Lipinski definition) is 6. The summed E-state index contributed by atoms with van der Waals surface area (Å²) in [5.74, 6) is 0.882. The molecule has 0 aliphatic carbocycles. The first-order valence-electron chi connectivity index (χ1n) is 6.69. The van der Waals surface area contributed by atoms with Crippen molar-refractivity contribution in [3.63, 3.8) is 0 Å². The van der Waals surface area contributed by atoms with Crippen LogP contribution in [-0.4, -0.2) is 29.4 Å². The minimum absolute atomic E-state index is 0.177.